The lowest BCUT2D eigenvalue weighted by atomic mass is 9.78. The first-order valence-electron chi connectivity index (χ1n) is 8.42. The molecule has 1 atom stereocenters. The smallest absolute Gasteiger partial charge is 0.433 e. The average molecular weight is 387 g/mol. The Labute approximate surface area is 158 Å². The van der Waals surface area contributed by atoms with Crippen LogP contribution in [0.4, 0.5) is 4.79 Å². The number of aliphatic imine (C=N–C) groups is 1. The third kappa shape index (κ3) is 6.57. The van der Waals surface area contributed by atoms with E-state index in [0.717, 1.165) is 25.7 Å². The Balaban J connectivity index is 1.87. The normalized spacial score (nSPS) is 22.8. The zero-order chi connectivity index (χ0) is 18.6. The molecule has 1 aromatic rings. The molecular formula is C18H24Cl2N2O3. The predicted molar refractivity (Wildman–Crippen MR) is 99.4 cm³/mol. The summed E-state index contributed by atoms with van der Waals surface area (Å²) >= 11 is 11.8. The van der Waals surface area contributed by atoms with Crippen LogP contribution in [0.5, 0.6) is 0 Å². The van der Waals surface area contributed by atoms with Gasteiger partial charge in [-0.2, -0.15) is 4.99 Å². The molecule has 1 heterocycles. The van der Waals surface area contributed by atoms with Crippen molar-refractivity contribution in [3.63, 3.8) is 0 Å². The van der Waals surface area contributed by atoms with Gasteiger partial charge in [0.05, 0.1) is 6.10 Å². The maximum absolute atomic E-state index is 11.6. The van der Waals surface area contributed by atoms with Crippen molar-refractivity contribution in [3.05, 3.63) is 28.0 Å². The van der Waals surface area contributed by atoms with E-state index in [-0.39, 0.29) is 22.1 Å². The maximum atomic E-state index is 11.6. The number of aliphatic hydroxyl groups excluding tert-OH is 1. The number of halogens is 2. The summed E-state index contributed by atoms with van der Waals surface area (Å²) in [4.78, 5) is 19.4. The van der Waals surface area contributed by atoms with Gasteiger partial charge in [-0.3, -0.25) is 0 Å². The first-order valence-corrected chi connectivity index (χ1v) is 9.18. The molecule has 1 aliphatic rings. The fourth-order valence-electron chi connectivity index (χ4n) is 2.99. The number of nitrogens with zero attached hydrogens (tertiary/aromatic N) is 2. The van der Waals surface area contributed by atoms with Crippen LogP contribution in [-0.4, -0.2) is 28.0 Å². The molecule has 1 fully saturated rings. The van der Waals surface area contributed by atoms with Gasteiger partial charge in [-0.1, -0.05) is 23.2 Å². The highest BCUT2D eigenvalue weighted by molar-refractivity contribution is 6.32. The Morgan fingerprint density at radius 2 is 1.84 bits per heavy atom. The Bertz CT molecular complexity index is 615. The van der Waals surface area contributed by atoms with Crippen LogP contribution < -0.4 is 0 Å². The number of ether oxygens (including phenoxy) is 1. The van der Waals surface area contributed by atoms with Gasteiger partial charge in [0.2, 0.25) is 0 Å². The Morgan fingerprint density at radius 3 is 2.36 bits per heavy atom. The molecule has 25 heavy (non-hydrogen) atoms. The fraction of sp³-hybridized carbons (Fsp3) is 0.611. The van der Waals surface area contributed by atoms with Gasteiger partial charge in [0, 0.05) is 6.21 Å². The fourth-order valence-corrected chi connectivity index (χ4v) is 3.47. The first-order chi connectivity index (χ1) is 11.6. The molecule has 0 radical (unpaired) electrons. The van der Waals surface area contributed by atoms with Crippen LogP contribution in [0.25, 0.3) is 0 Å². The number of carbonyl (C=O) groups excluding carboxylic acids is 1. The molecule has 1 aliphatic carbocycles. The highest BCUT2D eigenvalue weighted by atomic mass is 35.5. The summed E-state index contributed by atoms with van der Waals surface area (Å²) in [6, 6.07) is 3.29. The van der Waals surface area contributed by atoms with Crippen molar-refractivity contribution in [3.8, 4) is 0 Å². The summed E-state index contributed by atoms with van der Waals surface area (Å²) in [7, 11) is 0. The molecule has 7 heteroatoms. The lowest BCUT2D eigenvalue weighted by Gasteiger charge is -2.30. The van der Waals surface area contributed by atoms with Crippen LogP contribution in [0.15, 0.2) is 17.1 Å². The van der Waals surface area contributed by atoms with Crippen molar-refractivity contribution in [1.82, 2.24) is 4.98 Å². The molecule has 0 aromatic carbocycles. The zero-order valence-corrected chi connectivity index (χ0v) is 16.2. The third-order valence-corrected chi connectivity index (χ3v) is 4.56. The van der Waals surface area contributed by atoms with E-state index in [9.17, 15) is 9.90 Å². The Morgan fingerprint density at radius 1 is 1.28 bits per heavy atom. The minimum absolute atomic E-state index is 0.126. The van der Waals surface area contributed by atoms with Gasteiger partial charge < -0.3 is 9.84 Å². The van der Waals surface area contributed by atoms with Crippen LogP contribution in [0.2, 0.25) is 10.3 Å². The summed E-state index contributed by atoms with van der Waals surface area (Å²) in [5.41, 5.74) is 0.152. The van der Waals surface area contributed by atoms with E-state index < -0.39 is 17.8 Å². The number of amides is 1. The molecular weight excluding hydrogens is 363 g/mol. The van der Waals surface area contributed by atoms with Crippen LogP contribution in [0.3, 0.4) is 0 Å². The summed E-state index contributed by atoms with van der Waals surface area (Å²) < 4.78 is 5.16. The monoisotopic (exact) mass is 386 g/mol. The standard InChI is InChI=1S/C18H24Cl2N2O3/c1-18(2,3)25-17(24)21-10-11-4-6-12(7-5-11)16(23)13-8-14(19)22-15(20)9-13/h8-12,16,23H,4-7H2,1-3H3/b21-10+. The number of hydrogen-bond donors (Lipinski definition) is 1. The van der Waals surface area contributed by atoms with Gasteiger partial charge in [-0.15, -0.1) is 0 Å². The van der Waals surface area contributed by atoms with Crippen molar-refractivity contribution >= 4 is 35.5 Å². The first kappa shape index (κ1) is 20.1. The quantitative estimate of drug-likeness (QED) is 0.569. The summed E-state index contributed by atoms with van der Waals surface area (Å²) in [5, 5.41) is 11.1. The van der Waals surface area contributed by atoms with Crippen molar-refractivity contribution in [2.24, 2.45) is 16.8 Å². The molecule has 5 nitrogen and oxygen atoms in total. The number of carbonyl (C=O) groups is 1. The number of rotatable bonds is 3. The second-order valence-corrected chi connectivity index (χ2v) is 8.20. The van der Waals surface area contributed by atoms with Gasteiger partial charge in [0.25, 0.3) is 0 Å². The Kier molecular flexibility index (Phi) is 6.83. The lowest BCUT2D eigenvalue weighted by molar-refractivity contribution is 0.0601. The number of aromatic nitrogens is 1. The van der Waals surface area contributed by atoms with Crippen molar-refractivity contribution in [2.75, 3.05) is 0 Å². The molecule has 1 N–H and O–H groups in total. The maximum Gasteiger partial charge on any atom is 0.433 e. The summed E-state index contributed by atoms with van der Waals surface area (Å²) in [6.45, 7) is 5.43. The molecule has 1 aromatic heterocycles. The molecule has 0 spiro atoms. The minimum Gasteiger partial charge on any atom is -0.442 e. The van der Waals surface area contributed by atoms with E-state index >= 15 is 0 Å². The van der Waals surface area contributed by atoms with Crippen LogP contribution in [0, 0.1) is 11.8 Å². The van der Waals surface area contributed by atoms with Crippen molar-refractivity contribution < 1.29 is 14.6 Å². The lowest BCUT2D eigenvalue weighted by Crippen LogP contribution is -2.23. The molecule has 0 saturated heterocycles. The summed E-state index contributed by atoms with van der Waals surface area (Å²) in [6.07, 6.45) is 3.89. The average Bonchev–Trinajstić information content (AvgIpc) is 2.50. The van der Waals surface area contributed by atoms with E-state index in [1.165, 1.54) is 0 Å². The van der Waals surface area contributed by atoms with Gasteiger partial charge in [0.1, 0.15) is 15.9 Å². The van der Waals surface area contributed by atoms with E-state index in [4.69, 9.17) is 27.9 Å². The highest BCUT2D eigenvalue weighted by Gasteiger charge is 2.27. The third-order valence-electron chi connectivity index (χ3n) is 4.17. The van der Waals surface area contributed by atoms with E-state index in [1.807, 2.05) is 20.8 Å². The van der Waals surface area contributed by atoms with Crippen molar-refractivity contribution in [2.45, 2.75) is 58.2 Å². The van der Waals surface area contributed by atoms with Gasteiger partial charge in [-0.25, -0.2) is 9.78 Å². The molecule has 138 valence electrons. The molecule has 1 unspecified atom stereocenters. The van der Waals surface area contributed by atoms with E-state index in [2.05, 4.69) is 9.98 Å². The Hall–Kier alpha value is -1.17. The van der Waals surface area contributed by atoms with E-state index in [0.29, 0.717) is 5.56 Å². The topological polar surface area (TPSA) is 71.8 Å². The van der Waals surface area contributed by atoms with Gasteiger partial charge >= 0.3 is 6.09 Å². The minimum atomic E-state index is -0.623. The van der Waals surface area contributed by atoms with Crippen LogP contribution in [0.1, 0.15) is 58.1 Å². The number of pyridine rings is 1. The SMILES string of the molecule is CC(C)(C)OC(=O)/N=C/C1CCC(C(O)c2cc(Cl)nc(Cl)c2)CC1. The molecule has 1 saturated carbocycles. The van der Waals surface area contributed by atoms with Crippen LogP contribution >= 0.6 is 23.2 Å². The number of aliphatic hydroxyl groups is 1. The molecule has 0 bridgehead atoms. The zero-order valence-electron chi connectivity index (χ0n) is 14.7. The molecule has 2 rings (SSSR count). The van der Waals surface area contributed by atoms with Crippen molar-refractivity contribution in [1.29, 1.82) is 0 Å². The predicted octanol–water partition coefficient (Wildman–Crippen LogP) is 5.23. The van der Waals surface area contributed by atoms with Crippen LogP contribution in [-0.2, 0) is 4.74 Å². The number of hydrogen-bond acceptors (Lipinski definition) is 4. The molecule has 1 amide bonds. The van der Waals surface area contributed by atoms with E-state index in [1.54, 1.807) is 18.3 Å². The molecule has 0 aliphatic heterocycles. The largest absolute Gasteiger partial charge is 0.442 e. The van der Waals surface area contributed by atoms with Gasteiger partial charge in [-0.05, 0) is 76.0 Å². The second kappa shape index (κ2) is 8.47. The second-order valence-electron chi connectivity index (χ2n) is 7.42. The van der Waals surface area contributed by atoms with Gasteiger partial charge in [0.15, 0.2) is 0 Å². The highest BCUT2D eigenvalue weighted by Crippen LogP contribution is 2.37. The summed E-state index contributed by atoms with van der Waals surface area (Å²) in [5.74, 6) is 0.348.